The fourth-order valence-electron chi connectivity index (χ4n) is 3.54. The molecule has 2 aromatic heterocycles. The number of rotatable bonds is 10. The quantitative estimate of drug-likeness (QED) is 0.282. The average Bonchev–Trinajstić information content (AvgIpc) is 3.34. The summed E-state index contributed by atoms with van der Waals surface area (Å²) in [5.41, 5.74) is -0.590. The lowest BCUT2D eigenvalue weighted by Crippen LogP contribution is -2.25. The Labute approximate surface area is 203 Å². The molecule has 9 nitrogen and oxygen atoms in total. The molecular weight excluding hydrogens is 477 g/mol. The van der Waals surface area contributed by atoms with Crippen LogP contribution >= 0.6 is 0 Å². The van der Waals surface area contributed by atoms with Crippen molar-refractivity contribution in [1.82, 2.24) is 25.7 Å². The van der Waals surface area contributed by atoms with Gasteiger partial charge in [-0.05, 0) is 31.0 Å². The number of aromatic nitrogens is 4. The van der Waals surface area contributed by atoms with Gasteiger partial charge in [0.25, 0.3) is 5.56 Å². The number of nitrogens with zero attached hydrogens (tertiary/aromatic N) is 3. The lowest BCUT2D eigenvalue weighted by atomic mass is 10.1. The molecular formula is C24H23F3N6O3. The SMILES string of the molecule is O=C(CCCc1nc(-c2ccc(C(F)(F)F)cc2)no1)NCCCNc1n[nH]c(=O)c2ccccc12. The number of halogens is 3. The first-order valence-electron chi connectivity index (χ1n) is 11.3. The third-order valence-corrected chi connectivity index (χ3v) is 5.40. The Morgan fingerprint density at radius 3 is 2.50 bits per heavy atom. The second-order valence-electron chi connectivity index (χ2n) is 8.02. The maximum Gasteiger partial charge on any atom is 0.416 e. The summed E-state index contributed by atoms with van der Waals surface area (Å²) in [6.45, 7) is 1.02. The molecule has 36 heavy (non-hydrogen) atoms. The van der Waals surface area contributed by atoms with Crippen LogP contribution in [0.25, 0.3) is 22.2 Å². The van der Waals surface area contributed by atoms with E-state index in [1.807, 2.05) is 12.1 Å². The van der Waals surface area contributed by atoms with E-state index in [-0.39, 0.29) is 23.7 Å². The smallest absolute Gasteiger partial charge is 0.368 e. The van der Waals surface area contributed by atoms with Crippen LogP contribution in [0.4, 0.5) is 19.0 Å². The van der Waals surface area contributed by atoms with Crippen molar-refractivity contribution < 1.29 is 22.5 Å². The first-order chi connectivity index (χ1) is 17.3. The predicted molar refractivity (Wildman–Crippen MR) is 126 cm³/mol. The fraction of sp³-hybridized carbons (Fsp3) is 0.292. The summed E-state index contributed by atoms with van der Waals surface area (Å²) in [5, 5.41) is 17.6. The molecule has 0 aliphatic rings. The molecule has 0 spiro atoms. The summed E-state index contributed by atoms with van der Waals surface area (Å²) in [6.07, 6.45) is -2.65. The molecule has 188 valence electrons. The summed E-state index contributed by atoms with van der Waals surface area (Å²) in [7, 11) is 0. The monoisotopic (exact) mass is 500 g/mol. The standard InChI is InChI=1S/C24H23F3N6O3/c25-24(26,27)16-11-9-15(10-12-16)21-30-20(36-33-21)8-3-7-19(34)28-13-4-14-29-22-17-5-1-2-6-18(17)23(35)32-31-22/h1-2,5-6,9-12H,3-4,7-8,13-14H2,(H,28,34)(H,29,31)(H,32,35). The van der Waals surface area contributed by atoms with E-state index in [1.165, 1.54) is 12.1 Å². The first-order valence-corrected chi connectivity index (χ1v) is 11.3. The van der Waals surface area contributed by atoms with Crippen LogP contribution in [0.5, 0.6) is 0 Å². The van der Waals surface area contributed by atoms with Crippen LogP contribution in [0.15, 0.2) is 57.8 Å². The van der Waals surface area contributed by atoms with Crippen LogP contribution in [0.2, 0.25) is 0 Å². The minimum Gasteiger partial charge on any atom is -0.368 e. The zero-order valence-corrected chi connectivity index (χ0v) is 19.1. The molecule has 0 saturated heterocycles. The molecule has 0 fully saturated rings. The van der Waals surface area contributed by atoms with Crippen LogP contribution < -0.4 is 16.2 Å². The minimum absolute atomic E-state index is 0.120. The molecule has 0 unspecified atom stereocenters. The van der Waals surface area contributed by atoms with E-state index in [1.54, 1.807) is 12.1 Å². The summed E-state index contributed by atoms with van der Waals surface area (Å²) in [4.78, 5) is 28.1. The molecule has 0 aliphatic heterocycles. The summed E-state index contributed by atoms with van der Waals surface area (Å²) in [6, 6.07) is 11.7. The predicted octanol–water partition coefficient (Wildman–Crippen LogP) is 3.93. The third kappa shape index (κ3) is 6.26. The van der Waals surface area contributed by atoms with E-state index in [9.17, 15) is 22.8 Å². The average molecular weight is 500 g/mol. The van der Waals surface area contributed by atoms with Gasteiger partial charge in [-0.1, -0.05) is 35.5 Å². The lowest BCUT2D eigenvalue weighted by molar-refractivity contribution is -0.137. The highest BCUT2D eigenvalue weighted by Crippen LogP contribution is 2.30. The lowest BCUT2D eigenvalue weighted by Gasteiger charge is -2.08. The fourth-order valence-corrected chi connectivity index (χ4v) is 3.54. The summed E-state index contributed by atoms with van der Waals surface area (Å²) >= 11 is 0. The number of aromatic amines is 1. The second kappa shape index (κ2) is 11.0. The van der Waals surface area contributed by atoms with Gasteiger partial charge in [0.15, 0.2) is 5.82 Å². The second-order valence-corrected chi connectivity index (χ2v) is 8.02. The number of carbonyl (C=O) groups is 1. The van der Waals surface area contributed by atoms with E-state index >= 15 is 0 Å². The zero-order chi connectivity index (χ0) is 25.5. The van der Waals surface area contributed by atoms with Gasteiger partial charge in [-0.2, -0.15) is 23.3 Å². The molecule has 1 amide bonds. The number of aryl methyl sites for hydroxylation is 1. The Hall–Kier alpha value is -4.22. The normalized spacial score (nSPS) is 11.5. The number of H-pyrrole nitrogens is 1. The van der Waals surface area contributed by atoms with Crippen molar-refractivity contribution in [1.29, 1.82) is 0 Å². The van der Waals surface area contributed by atoms with Gasteiger partial charge in [-0.25, -0.2) is 5.10 Å². The molecule has 0 aliphatic carbocycles. The minimum atomic E-state index is -4.41. The van der Waals surface area contributed by atoms with Gasteiger partial charge < -0.3 is 15.2 Å². The van der Waals surface area contributed by atoms with Gasteiger partial charge >= 0.3 is 6.18 Å². The molecule has 4 rings (SSSR count). The van der Waals surface area contributed by atoms with Crippen molar-refractivity contribution in [3.63, 3.8) is 0 Å². The molecule has 4 aromatic rings. The van der Waals surface area contributed by atoms with E-state index in [4.69, 9.17) is 4.52 Å². The molecule has 3 N–H and O–H groups in total. The molecule has 2 aromatic carbocycles. The molecule has 0 bridgehead atoms. The van der Waals surface area contributed by atoms with Crippen LogP contribution in [0, 0.1) is 0 Å². The topological polar surface area (TPSA) is 126 Å². The van der Waals surface area contributed by atoms with Gasteiger partial charge in [0.05, 0.1) is 10.9 Å². The van der Waals surface area contributed by atoms with Crippen molar-refractivity contribution in [2.24, 2.45) is 0 Å². The summed E-state index contributed by atoms with van der Waals surface area (Å²) < 4.78 is 43.2. The highest BCUT2D eigenvalue weighted by Gasteiger charge is 2.30. The van der Waals surface area contributed by atoms with Gasteiger partial charge in [-0.3, -0.25) is 9.59 Å². The Balaban J connectivity index is 1.15. The third-order valence-electron chi connectivity index (χ3n) is 5.40. The number of fused-ring (bicyclic) bond motifs is 1. The van der Waals surface area contributed by atoms with E-state index < -0.39 is 11.7 Å². The van der Waals surface area contributed by atoms with Crippen molar-refractivity contribution in [2.75, 3.05) is 18.4 Å². The van der Waals surface area contributed by atoms with Crippen molar-refractivity contribution in [3.8, 4) is 11.4 Å². The van der Waals surface area contributed by atoms with E-state index in [0.717, 1.165) is 17.5 Å². The number of hydrogen-bond acceptors (Lipinski definition) is 7. The van der Waals surface area contributed by atoms with Crippen LogP contribution in [-0.4, -0.2) is 39.3 Å². The number of anilines is 1. The van der Waals surface area contributed by atoms with Crippen molar-refractivity contribution in [3.05, 3.63) is 70.3 Å². The van der Waals surface area contributed by atoms with E-state index in [2.05, 4.69) is 31.0 Å². The largest absolute Gasteiger partial charge is 0.416 e. The highest BCUT2D eigenvalue weighted by atomic mass is 19.4. The zero-order valence-electron chi connectivity index (χ0n) is 19.1. The Morgan fingerprint density at radius 2 is 1.75 bits per heavy atom. The van der Waals surface area contributed by atoms with Crippen LogP contribution in [0.3, 0.4) is 0 Å². The molecule has 0 saturated carbocycles. The number of carbonyl (C=O) groups excluding carboxylic acids is 1. The molecule has 0 atom stereocenters. The van der Waals surface area contributed by atoms with Gasteiger partial charge in [0.1, 0.15) is 0 Å². The van der Waals surface area contributed by atoms with Crippen LogP contribution in [0.1, 0.15) is 30.7 Å². The summed E-state index contributed by atoms with van der Waals surface area (Å²) in [5.74, 6) is 0.958. The maximum atomic E-state index is 12.7. The van der Waals surface area contributed by atoms with Crippen molar-refractivity contribution >= 4 is 22.5 Å². The Morgan fingerprint density at radius 1 is 1.00 bits per heavy atom. The number of amides is 1. The highest BCUT2D eigenvalue weighted by molar-refractivity contribution is 5.90. The van der Waals surface area contributed by atoms with Gasteiger partial charge in [-0.15, -0.1) is 0 Å². The van der Waals surface area contributed by atoms with E-state index in [0.29, 0.717) is 55.0 Å². The molecule has 12 heteroatoms. The Bertz CT molecular complexity index is 1380. The van der Waals surface area contributed by atoms with Crippen molar-refractivity contribution in [2.45, 2.75) is 31.9 Å². The van der Waals surface area contributed by atoms with Gasteiger partial charge in [0.2, 0.25) is 17.6 Å². The number of nitrogens with one attached hydrogen (secondary N) is 3. The number of hydrogen-bond donors (Lipinski definition) is 3. The van der Waals surface area contributed by atoms with Crippen LogP contribution in [-0.2, 0) is 17.4 Å². The van der Waals surface area contributed by atoms with Gasteiger partial charge in [0, 0.05) is 36.9 Å². The number of alkyl halides is 3. The Kier molecular flexibility index (Phi) is 7.62. The first kappa shape index (κ1) is 24.9. The maximum absolute atomic E-state index is 12.7. The number of benzene rings is 2. The molecule has 2 heterocycles. The molecule has 0 radical (unpaired) electrons.